The van der Waals surface area contributed by atoms with Crippen molar-refractivity contribution >= 4 is 15.8 Å². The van der Waals surface area contributed by atoms with Gasteiger partial charge in [0.2, 0.25) is 10.0 Å². The van der Waals surface area contributed by atoms with Crippen LogP contribution in [0.2, 0.25) is 0 Å². The van der Waals surface area contributed by atoms with E-state index in [1.54, 1.807) is 19.1 Å². The average Bonchev–Trinajstić information content (AvgIpc) is 2.45. The van der Waals surface area contributed by atoms with Gasteiger partial charge in [0.1, 0.15) is 0 Å². The molecule has 1 aromatic rings. The lowest BCUT2D eigenvalue weighted by Gasteiger charge is -2.37. The van der Waals surface area contributed by atoms with Gasteiger partial charge in [-0.15, -0.1) is 0 Å². The van der Waals surface area contributed by atoms with Crippen molar-refractivity contribution in [2.24, 2.45) is 0 Å². The van der Waals surface area contributed by atoms with Crippen molar-refractivity contribution in [1.29, 1.82) is 0 Å². The molecule has 1 aliphatic rings. The zero-order valence-electron chi connectivity index (χ0n) is 12.6. The van der Waals surface area contributed by atoms with Gasteiger partial charge in [-0.1, -0.05) is 19.1 Å². The zero-order chi connectivity index (χ0) is 15.7. The number of benzene rings is 1. The number of ketones is 1. The molecule has 0 unspecified atom stereocenters. The SMILES string of the molecule is CCC(=O)c1cccc(S(=O)(=O)N2CCOC(C)(C)C2)c1. The number of sulfonamides is 1. The molecule has 0 atom stereocenters. The molecular formula is C15H21NO4S. The first-order valence-electron chi connectivity index (χ1n) is 7.03. The van der Waals surface area contributed by atoms with Crippen molar-refractivity contribution in [3.63, 3.8) is 0 Å². The molecule has 6 heteroatoms. The molecule has 2 rings (SSSR count). The van der Waals surface area contributed by atoms with Gasteiger partial charge in [-0.25, -0.2) is 8.42 Å². The maximum atomic E-state index is 12.7. The molecule has 0 bridgehead atoms. The van der Waals surface area contributed by atoms with E-state index in [1.807, 2.05) is 13.8 Å². The Hall–Kier alpha value is -1.24. The summed E-state index contributed by atoms with van der Waals surface area (Å²) < 4.78 is 32.4. The van der Waals surface area contributed by atoms with Crippen LogP contribution in [0.4, 0.5) is 0 Å². The molecule has 1 heterocycles. The van der Waals surface area contributed by atoms with E-state index in [9.17, 15) is 13.2 Å². The fourth-order valence-electron chi connectivity index (χ4n) is 2.36. The largest absolute Gasteiger partial charge is 0.373 e. The summed E-state index contributed by atoms with van der Waals surface area (Å²) in [6.45, 7) is 6.50. The predicted octanol–water partition coefficient (Wildman–Crippen LogP) is 2.08. The number of morpholine rings is 1. The first-order chi connectivity index (χ1) is 9.76. The van der Waals surface area contributed by atoms with Gasteiger partial charge in [-0.3, -0.25) is 4.79 Å². The highest BCUT2D eigenvalue weighted by molar-refractivity contribution is 7.89. The summed E-state index contributed by atoms with van der Waals surface area (Å²) in [5, 5.41) is 0. The first-order valence-corrected chi connectivity index (χ1v) is 8.48. The Morgan fingerprint density at radius 2 is 2.10 bits per heavy atom. The minimum Gasteiger partial charge on any atom is -0.373 e. The number of Topliss-reactive ketones (excluding diaryl/α,β-unsaturated/α-hetero) is 1. The van der Waals surface area contributed by atoms with E-state index in [4.69, 9.17) is 4.74 Å². The highest BCUT2D eigenvalue weighted by atomic mass is 32.2. The highest BCUT2D eigenvalue weighted by Gasteiger charge is 2.35. The second kappa shape index (κ2) is 5.87. The summed E-state index contributed by atoms with van der Waals surface area (Å²) in [5.41, 5.74) is -0.0617. The maximum absolute atomic E-state index is 12.7. The van der Waals surface area contributed by atoms with Crippen LogP contribution < -0.4 is 0 Å². The number of rotatable bonds is 4. The Labute approximate surface area is 126 Å². The van der Waals surface area contributed by atoms with Gasteiger partial charge in [0.05, 0.1) is 17.1 Å². The van der Waals surface area contributed by atoms with Crippen LogP contribution in [0.5, 0.6) is 0 Å². The van der Waals surface area contributed by atoms with Crippen LogP contribution in [0.25, 0.3) is 0 Å². The highest BCUT2D eigenvalue weighted by Crippen LogP contribution is 2.24. The molecule has 0 radical (unpaired) electrons. The second-order valence-electron chi connectivity index (χ2n) is 5.75. The van der Waals surface area contributed by atoms with Crippen molar-refractivity contribution in [2.75, 3.05) is 19.7 Å². The molecule has 0 saturated carbocycles. The van der Waals surface area contributed by atoms with Gasteiger partial charge < -0.3 is 4.74 Å². The Bertz CT molecular complexity index is 637. The Morgan fingerprint density at radius 3 is 2.71 bits per heavy atom. The smallest absolute Gasteiger partial charge is 0.243 e. The van der Waals surface area contributed by atoms with E-state index in [0.717, 1.165) is 0 Å². The average molecular weight is 311 g/mol. The monoisotopic (exact) mass is 311 g/mol. The zero-order valence-corrected chi connectivity index (χ0v) is 13.4. The third-order valence-electron chi connectivity index (χ3n) is 3.51. The van der Waals surface area contributed by atoms with Crippen molar-refractivity contribution in [1.82, 2.24) is 4.31 Å². The van der Waals surface area contributed by atoms with Crippen LogP contribution in [0, 0.1) is 0 Å². The van der Waals surface area contributed by atoms with E-state index >= 15 is 0 Å². The van der Waals surface area contributed by atoms with E-state index < -0.39 is 15.6 Å². The number of hydrogen-bond acceptors (Lipinski definition) is 4. The number of hydrogen-bond donors (Lipinski definition) is 0. The van der Waals surface area contributed by atoms with Crippen LogP contribution in [0.1, 0.15) is 37.6 Å². The van der Waals surface area contributed by atoms with Gasteiger partial charge in [-0.2, -0.15) is 4.31 Å². The van der Waals surface area contributed by atoms with Gasteiger partial charge >= 0.3 is 0 Å². The van der Waals surface area contributed by atoms with Crippen LogP contribution >= 0.6 is 0 Å². The van der Waals surface area contributed by atoms with E-state index in [2.05, 4.69) is 0 Å². The van der Waals surface area contributed by atoms with Gasteiger partial charge in [-0.05, 0) is 26.0 Å². The molecule has 0 N–H and O–H groups in total. The fraction of sp³-hybridized carbons (Fsp3) is 0.533. The molecule has 1 aliphatic heterocycles. The summed E-state index contributed by atoms with van der Waals surface area (Å²) in [5.74, 6) is -0.0608. The van der Waals surface area contributed by atoms with Gasteiger partial charge in [0.25, 0.3) is 0 Å². The topological polar surface area (TPSA) is 63.7 Å². The molecule has 1 fully saturated rings. The van der Waals surface area contributed by atoms with Crippen molar-refractivity contribution in [2.45, 2.75) is 37.7 Å². The molecule has 0 amide bonds. The van der Waals surface area contributed by atoms with Crippen LogP contribution in [0.3, 0.4) is 0 Å². The number of carbonyl (C=O) groups excluding carboxylic acids is 1. The standard InChI is InChI=1S/C15H21NO4S/c1-4-14(17)12-6-5-7-13(10-12)21(18,19)16-8-9-20-15(2,3)11-16/h5-7,10H,4,8-9,11H2,1-3H3. The quantitative estimate of drug-likeness (QED) is 0.799. The van der Waals surface area contributed by atoms with E-state index in [1.165, 1.54) is 16.4 Å². The minimum absolute atomic E-state index is 0.0608. The number of ether oxygens (including phenoxy) is 1. The Kier molecular flexibility index (Phi) is 4.51. The van der Waals surface area contributed by atoms with Crippen molar-refractivity contribution in [3.05, 3.63) is 29.8 Å². The summed E-state index contributed by atoms with van der Waals surface area (Å²) in [4.78, 5) is 11.9. The maximum Gasteiger partial charge on any atom is 0.243 e. The summed E-state index contributed by atoms with van der Waals surface area (Å²) in [7, 11) is -3.60. The van der Waals surface area contributed by atoms with E-state index in [-0.39, 0.29) is 10.7 Å². The van der Waals surface area contributed by atoms with Crippen molar-refractivity contribution in [3.8, 4) is 0 Å². The fourth-order valence-corrected chi connectivity index (χ4v) is 3.98. The molecule has 1 aromatic carbocycles. The third-order valence-corrected chi connectivity index (χ3v) is 5.35. The first kappa shape index (κ1) is 16.1. The Morgan fingerprint density at radius 1 is 1.38 bits per heavy atom. The number of nitrogens with zero attached hydrogens (tertiary/aromatic N) is 1. The Balaban J connectivity index is 2.33. The molecule has 0 aliphatic carbocycles. The predicted molar refractivity (Wildman–Crippen MR) is 79.9 cm³/mol. The lowest BCUT2D eigenvalue weighted by atomic mass is 10.1. The van der Waals surface area contributed by atoms with Crippen LogP contribution in [0.15, 0.2) is 29.2 Å². The molecule has 5 nitrogen and oxygen atoms in total. The molecule has 21 heavy (non-hydrogen) atoms. The van der Waals surface area contributed by atoms with Gasteiger partial charge in [0, 0.05) is 25.1 Å². The molecule has 0 aromatic heterocycles. The minimum atomic E-state index is -3.60. The lowest BCUT2D eigenvalue weighted by Crippen LogP contribution is -2.50. The summed E-state index contributed by atoms with van der Waals surface area (Å²) >= 11 is 0. The molecular weight excluding hydrogens is 290 g/mol. The van der Waals surface area contributed by atoms with Crippen molar-refractivity contribution < 1.29 is 17.9 Å². The van der Waals surface area contributed by atoms with E-state index in [0.29, 0.717) is 31.7 Å². The number of carbonyl (C=O) groups is 1. The summed E-state index contributed by atoms with van der Waals surface area (Å²) in [6.07, 6.45) is 0.355. The second-order valence-corrected chi connectivity index (χ2v) is 7.69. The molecule has 0 spiro atoms. The van der Waals surface area contributed by atoms with Gasteiger partial charge in [0.15, 0.2) is 5.78 Å². The molecule has 1 saturated heterocycles. The lowest BCUT2D eigenvalue weighted by molar-refractivity contribution is -0.0640. The molecule has 116 valence electrons. The third kappa shape index (κ3) is 3.51. The normalized spacial score (nSPS) is 19.4. The van der Waals surface area contributed by atoms with Crippen LogP contribution in [-0.4, -0.2) is 43.8 Å². The van der Waals surface area contributed by atoms with Crippen LogP contribution in [-0.2, 0) is 14.8 Å². The summed E-state index contributed by atoms with van der Waals surface area (Å²) in [6, 6.07) is 6.25.